The molecule has 0 rings (SSSR count). The summed E-state index contributed by atoms with van der Waals surface area (Å²) >= 11 is 0. The van der Waals surface area contributed by atoms with Crippen molar-refractivity contribution in [1.29, 1.82) is 0 Å². The van der Waals surface area contributed by atoms with Gasteiger partial charge < -0.3 is 25.0 Å². The van der Waals surface area contributed by atoms with Gasteiger partial charge >= 0.3 is 0 Å². The van der Waals surface area contributed by atoms with Crippen LogP contribution in [0.5, 0.6) is 0 Å². The Morgan fingerprint density at radius 1 is 1.22 bits per heavy atom. The fraction of sp³-hybridized carbons (Fsp3) is 0.818. The number of amides is 2. The highest BCUT2D eigenvalue weighted by molar-refractivity contribution is 5.87. The van der Waals surface area contributed by atoms with E-state index in [1.165, 1.54) is 24.0 Å². The molecule has 0 bridgehead atoms. The minimum atomic E-state index is -0.762. The Labute approximate surface area is 108 Å². The first-order valence-electron chi connectivity index (χ1n) is 5.66. The van der Waals surface area contributed by atoms with E-state index in [0.29, 0.717) is 13.2 Å². The molecule has 0 saturated heterocycles. The van der Waals surface area contributed by atoms with Crippen LogP contribution >= 0.6 is 0 Å². The highest BCUT2D eigenvalue weighted by Crippen LogP contribution is 1.97. The molecule has 2 N–H and O–H groups in total. The summed E-state index contributed by atoms with van der Waals surface area (Å²) in [5.74, 6) is -0.479. The smallest absolute Gasteiger partial charge is 0.242 e. The van der Waals surface area contributed by atoms with Crippen LogP contribution in [0.1, 0.15) is 0 Å². The molecule has 0 aromatic heterocycles. The first kappa shape index (κ1) is 16.8. The van der Waals surface area contributed by atoms with Gasteiger partial charge in [-0.05, 0) is 0 Å². The summed E-state index contributed by atoms with van der Waals surface area (Å²) in [6.45, 7) is 0.795. The molecule has 0 heterocycles. The van der Waals surface area contributed by atoms with E-state index in [-0.39, 0.29) is 25.0 Å². The van der Waals surface area contributed by atoms with Gasteiger partial charge in [0.15, 0.2) is 0 Å². The summed E-state index contributed by atoms with van der Waals surface area (Å²) in [5.41, 5.74) is 5.67. The molecule has 18 heavy (non-hydrogen) atoms. The summed E-state index contributed by atoms with van der Waals surface area (Å²) in [6.07, 6.45) is 0. The third kappa shape index (κ3) is 5.95. The van der Waals surface area contributed by atoms with Crippen molar-refractivity contribution in [2.45, 2.75) is 6.04 Å². The van der Waals surface area contributed by atoms with E-state index >= 15 is 0 Å². The van der Waals surface area contributed by atoms with Crippen molar-refractivity contribution in [1.82, 2.24) is 9.80 Å². The third-order valence-corrected chi connectivity index (χ3v) is 2.37. The van der Waals surface area contributed by atoms with E-state index in [1.54, 1.807) is 14.1 Å². The molecule has 0 aliphatic carbocycles. The van der Waals surface area contributed by atoms with Crippen molar-refractivity contribution in [2.24, 2.45) is 5.73 Å². The van der Waals surface area contributed by atoms with Gasteiger partial charge in [0.05, 0.1) is 19.8 Å². The minimum absolute atomic E-state index is 0.00733. The fourth-order valence-electron chi connectivity index (χ4n) is 1.26. The first-order chi connectivity index (χ1) is 8.43. The second-order valence-electron chi connectivity index (χ2n) is 4.10. The van der Waals surface area contributed by atoms with Crippen LogP contribution in [0, 0.1) is 0 Å². The van der Waals surface area contributed by atoms with E-state index in [1.807, 2.05) is 0 Å². The molecule has 7 heteroatoms. The lowest BCUT2D eigenvalue weighted by molar-refractivity contribution is -0.141. The highest BCUT2D eigenvalue weighted by atomic mass is 16.5. The Kier molecular flexibility index (Phi) is 8.27. The monoisotopic (exact) mass is 261 g/mol. The maximum Gasteiger partial charge on any atom is 0.242 e. The van der Waals surface area contributed by atoms with Gasteiger partial charge in [-0.1, -0.05) is 0 Å². The summed E-state index contributed by atoms with van der Waals surface area (Å²) in [5, 5.41) is 0. The Morgan fingerprint density at radius 3 is 2.28 bits per heavy atom. The van der Waals surface area contributed by atoms with Gasteiger partial charge in [0.25, 0.3) is 0 Å². The van der Waals surface area contributed by atoms with Gasteiger partial charge in [-0.25, -0.2) is 0 Å². The number of methoxy groups -OCH3 is 2. The van der Waals surface area contributed by atoms with Crippen LogP contribution in [-0.2, 0) is 19.1 Å². The molecule has 0 aliphatic heterocycles. The zero-order chi connectivity index (χ0) is 14.1. The lowest BCUT2D eigenvalue weighted by Gasteiger charge is -2.26. The normalized spacial score (nSPS) is 12.1. The van der Waals surface area contributed by atoms with Crippen LogP contribution in [0.3, 0.4) is 0 Å². The largest absolute Gasteiger partial charge is 0.383 e. The van der Waals surface area contributed by atoms with E-state index in [2.05, 4.69) is 0 Å². The molecule has 2 amide bonds. The van der Waals surface area contributed by atoms with Crippen molar-refractivity contribution in [3.05, 3.63) is 0 Å². The molecule has 0 aliphatic rings. The summed E-state index contributed by atoms with van der Waals surface area (Å²) in [4.78, 5) is 26.4. The predicted molar refractivity (Wildman–Crippen MR) is 67.0 cm³/mol. The number of hydrogen-bond acceptors (Lipinski definition) is 5. The van der Waals surface area contributed by atoms with Gasteiger partial charge in [-0.3, -0.25) is 9.59 Å². The van der Waals surface area contributed by atoms with E-state index in [0.717, 1.165) is 0 Å². The van der Waals surface area contributed by atoms with Gasteiger partial charge in [0.2, 0.25) is 11.8 Å². The quantitative estimate of drug-likeness (QED) is 0.576. The Bertz CT molecular complexity index is 271. The Balaban J connectivity index is 4.55. The second kappa shape index (κ2) is 8.84. The third-order valence-electron chi connectivity index (χ3n) is 2.37. The van der Waals surface area contributed by atoms with E-state index in [9.17, 15) is 9.59 Å². The molecular formula is C11H23N3O4. The zero-order valence-corrected chi connectivity index (χ0v) is 11.5. The summed E-state index contributed by atoms with van der Waals surface area (Å²) in [7, 11) is 6.27. The van der Waals surface area contributed by atoms with Crippen LogP contribution in [0.15, 0.2) is 0 Å². The maximum atomic E-state index is 12.0. The van der Waals surface area contributed by atoms with Crippen molar-refractivity contribution in [3.8, 4) is 0 Å². The molecule has 106 valence electrons. The fourth-order valence-corrected chi connectivity index (χ4v) is 1.26. The van der Waals surface area contributed by atoms with Gasteiger partial charge in [0.1, 0.15) is 6.04 Å². The molecule has 0 aromatic carbocycles. The SMILES string of the molecule is COCCN(CC(=O)N(C)C)C(=O)C(N)COC. The summed E-state index contributed by atoms with van der Waals surface area (Å²) in [6, 6.07) is -0.762. The number of rotatable bonds is 8. The molecular weight excluding hydrogens is 238 g/mol. The lowest BCUT2D eigenvalue weighted by atomic mass is 10.2. The average Bonchev–Trinajstić information content (AvgIpc) is 2.33. The molecule has 0 spiro atoms. The standard InChI is InChI=1S/C11H23N3O4/c1-13(2)10(15)7-14(5-6-17-3)11(16)9(12)8-18-4/h9H,5-8,12H2,1-4H3. The van der Waals surface area contributed by atoms with Crippen molar-refractivity contribution in [2.75, 3.05) is 54.6 Å². The Morgan fingerprint density at radius 2 is 1.83 bits per heavy atom. The van der Waals surface area contributed by atoms with Crippen molar-refractivity contribution < 1.29 is 19.1 Å². The highest BCUT2D eigenvalue weighted by Gasteiger charge is 2.23. The average molecular weight is 261 g/mol. The lowest BCUT2D eigenvalue weighted by Crippen LogP contribution is -2.50. The Hall–Kier alpha value is -1.18. The number of nitrogens with two attached hydrogens (primary N) is 1. The zero-order valence-electron chi connectivity index (χ0n) is 11.5. The molecule has 1 atom stereocenters. The molecule has 1 unspecified atom stereocenters. The van der Waals surface area contributed by atoms with Crippen molar-refractivity contribution in [3.63, 3.8) is 0 Å². The van der Waals surface area contributed by atoms with Gasteiger partial charge in [0, 0.05) is 34.9 Å². The van der Waals surface area contributed by atoms with E-state index < -0.39 is 6.04 Å². The van der Waals surface area contributed by atoms with E-state index in [4.69, 9.17) is 15.2 Å². The first-order valence-corrected chi connectivity index (χ1v) is 5.66. The summed E-state index contributed by atoms with van der Waals surface area (Å²) < 4.78 is 9.75. The second-order valence-corrected chi connectivity index (χ2v) is 4.10. The molecule has 0 aromatic rings. The van der Waals surface area contributed by atoms with Crippen LogP contribution < -0.4 is 5.73 Å². The number of hydrogen-bond donors (Lipinski definition) is 1. The minimum Gasteiger partial charge on any atom is -0.383 e. The van der Waals surface area contributed by atoms with Gasteiger partial charge in [-0.2, -0.15) is 0 Å². The number of carbonyl (C=O) groups excluding carboxylic acids is 2. The maximum absolute atomic E-state index is 12.0. The topological polar surface area (TPSA) is 85.1 Å². The van der Waals surface area contributed by atoms with Crippen molar-refractivity contribution >= 4 is 11.8 Å². The molecule has 0 fully saturated rings. The number of likely N-dealkylation sites (N-methyl/N-ethyl adjacent to an activating group) is 1. The molecule has 0 saturated carbocycles. The number of carbonyl (C=O) groups is 2. The number of ether oxygens (including phenoxy) is 2. The van der Waals surface area contributed by atoms with Gasteiger partial charge in [-0.15, -0.1) is 0 Å². The molecule has 0 radical (unpaired) electrons. The van der Waals surface area contributed by atoms with Crippen LogP contribution in [0.25, 0.3) is 0 Å². The van der Waals surface area contributed by atoms with Crippen LogP contribution in [-0.4, -0.2) is 82.3 Å². The van der Waals surface area contributed by atoms with Crippen LogP contribution in [0.2, 0.25) is 0 Å². The van der Waals surface area contributed by atoms with Crippen LogP contribution in [0.4, 0.5) is 0 Å². The number of nitrogens with zero attached hydrogens (tertiary/aromatic N) is 2. The predicted octanol–water partition coefficient (Wildman–Crippen LogP) is -1.48. The molecule has 7 nitrogen and oxygen atoms in total.